The van der Waals surface area contributed by atoms with Crippen LogP contribution in [-0.4, -0.2) is 65.3 Å². The predicted molar refractivity (Wildman–Crippen MR) is 133 cm³/mol. The van der Waals surface area contributed by atoms with E-state index in [0.29, 0.717) is 11.1 Å². The fourth-order valence-electron chi connectivity index (χ4n) is 6.45. The van der Waals surface area contributed by atoms with Gasteiger partial charge in [0.05, 0.1) is 0 Å². The van der Waals surface area contributed by atoms with Gasteiger partial charge in [-0.15, -0.1) is 0 Å². The zero-order chi connectivity index (χ0) is 28.7. The quantitative estimate of drug-likeness (QED) is 0.325. The van der Waals surface area contributed by atoms with Crippen LogP contribution in [0.4, 0.5) is 0 Å². The van der Waals surface area contributed by atoms with Crippen LogP contribution in [-0.2, 0) is 42.9 Å². The molecule has 4 bridgehead atoms. The second-order valence-electron chi connectivity index (χ2n) is 11.4. The van der Waals surface area contributed by atoms with Crippen LogP contribution < -0.4 is 0 Å². The first-order valence-electron chi connectivity index (χ1n) is 12.8. The third kappa shape index (κ3) is 5.55. The van der Waals surface area contributed by atoms with Gasteiger partial charge in [-0.2, -0.15) is 0 Å². The number of rotatable bonds is 4. The van der Waals surface area contributed by atoms with Gasteiger partial charge in [0.1, 0.15) is 30.5 Å². The SMILES string of the molecule is CC(=O)O[C@H]1C[C@H]2[C@@H](OC(C)=O)/C=C3\C[C@@](C)([C@@H](OC(C)=O)C[C@@H]3OC(C)=O)[C@@H](O)C(=O)C(=C1C)C2(C)C. The van der Waals surface area contributed by atoms with Crippen LogP contribution in [0.2, 0.25) is 0 Å². The second-order valence-corrected chi connectivity index (χ2v) is 11.4. The first kappa shape index (κ1) is 29.5. The standard InChI is InChI=1S/C28H38O10/c1-13-20(35-14(2)29)10-19-22(37-16(4)31)9-18-12-28(8,26(34)25(33)24(13)27(19,6)7)23(38-17(5)32)11-21(18)36-15(3)30/h9,19-23,26,34H,10-12H2,1-8H3/b18-9+/t19-,20-,21-,22-,23-,26-,28-/m0/s1. The van der Waals surface area contributed by atoms with Crippen LogP contribution in [0.15, 0.2) is 22.8 Å². The number of carbonyl (C=O) groups excluding carboxylic acids is 5. The lowest BCUT2D eigenvalue weighted by Crippen LogP contribution is -2.57. The van der Waals surface area contributed by atoms with E-state index in [1.807, 2.05) is 13.8 Å². The third-order valence-corrected chi connectivity index (χ3v) is 8.20. The summed E-state index contributed by atoms with van der Waals surface area (Å²) in [4.78, 5) is 62.4. The van der Waals surface area contributed by atoms with Crippen LogP contribution in [0, 0.1) is 16.7 Å². The monoisotopic (exact) mass is 534 g/mol. The molecule has 3 aliphatic rings. The van der Waals surface area contributed by atoms with Gasteiger partial charge in [-0.3, -0.25) is 24.0 Å². The van der Waals surface area contributed by atoms with Crippen LogP contribution in [0.5, 0.6) is 0 Å². The fourth-order valence-corrected chi connectivity index (χ4v) is 6.45. The molecule has 0 aromatic rings. The van der Waals surface area contributed by atoms with Crippen molar-refractivity contribution in [2.75, 3.05) is 0 Å². The molecular formula is C28H38O10. The minimum atomic E-state index is -1.60. The number of hydrogen-bond donors (Lipinski definition) is 1. The molecule has 0 unspecified atom stereocenters. The molecule has 210 valence electrons. The summed E-state index contributed by atoms with van der Waals surface area (Å²) >= 11 is 0. The van der Waals surface area contributed by atoms with Gasteiger partial charge in [0.15, 0.2) is 5.78 Å². The fraction of sp³-hybridized carbons (Fsp3) is 0.679. The number of fused-ring (bicyclic) bond motifs is 4. The van der Waals surface area contributed by atoms with Gasteiger partial charge in [-0.1, -0.05) is 20.8 Å². The van der Waals surface area contributed by atoms with Gasteiger partial charge in [-0.25, -0.2) is 0 Å². The molecule has 0 aromatic carbocycles. The Hall–Kier alpha value is -3.01. The van der Waals surface area contributed by atoms with Crippen molar-refractivity contribution in [2.45, 2.75) is 105 Å². The molecule has 1 N–H and O–H groups in total. The van der Waals surface area contributed by atoms with Crippen molar-refractivity contribution in [3.63, 3.8) is 0 Å². The highest BCUT2D eigenvalue weighted by molar-refractivity contribution is 6.01. The molecule has 3 aliphatic carbocycles. The van der Waals surface area contributed by atoms with Crippen molar-refractivity contribution in [1.29, 1.82) is 0 Å². The molecule has 0 amide bonds. The van der Waals surface area contributed by atoms with Crippen LogP contribution in [0.3, 0.4) is 0 Å². The number of aliphatic hydroxyl groups excluding tert-OH is 1. The zero-order valence-corrected chi connectivity index (χ0v) is 23.3. The topological polar surface area (TPSA) is 143 Å². The highest BCUT2D eigenvalue weighted by Crippen LogP contribution is 2.53. The number of ketones is 1. The van der Waals surface area contributed by atoms with Crippen LogP contribution in [0.1, 0.15) is 74.7 Å². The molecule has 0 saturated heterocycles. The van der Waals surface area contributed by atoms with Crippen LogP contribution in [0.25, 0.3) is 0 Å². The van der Waals surface area contributed by atoms with Gasteiger partial charge in [0.25, 0.3) is 0 Å². The smallest absolute Gasteiger partial charge is 0.303 e. The summed E-state index contributed by atoms with van der Waals surface area (Å²) in [6, 6.07) is 0. The Labute approximate surface area is 222 Å². The van der Waals surface area contributed by atoms with Gasteiger partial charge in [0.2, 0.25) is 0 Å². The minimum absolute atomic E-state index is 0.0147. The van der Waals surface area contributed by atoms with Gasteiger partial charge >= 0.3 is 23.9 Å². The Morgan fingerprint density at radius 1 is 0.842 bits per heavy atom. The highest BCUT2D eigenvalue weighted by atomic mass is 16.6. The number of Topliss-reactive ketones (excluding diaryl/α,β-unsaturated/α-hetero) is 1. The Morgan fingerprint density at radius 3 is 1.89 bits per heavy atom. The van der Waals surface area contributed by atoms with Gasteiger partial charge in [-0.05, 0) is 37.0 Å². The largest absolute Gasteiger partial charge is 0.462 e. The molecule has 10 nitrogen and oxygen atoms in total. The van der Waals surface area contributed by atoms with E-state index in [-0.39, 0.29) is 24.8 Å². The van der Waals surface area contributed by atoms with E-state index < -0.39 is 76.9 Å². The molecular weight excluding hydrogens is 496 g/mol. The molecule has 0 aliphatic heterocycles. The summed E-state index contributed by atoms with van der Waals surface area (Å²) < 4.78 is 22.5. The number of esters is 4. The van der Waals surface area contributed by atoms with Crippen molar-refractivity contribution in [3.05, 3.63) is 22.8 Å². The number of carbonyl (C=O) groups is 5. The lowest BCUT2D eigenvalue weighted by Gasteiger charge is -2.51. The Balaban J connectivity index is 2.33. The molecule has 3 rings (SSSR count). The maximum absolute atomic E-state index is 14.2. The first-order valence-corrected chi connectivity index (χ1v) is 12.8. The van der Waals surface area contributed by atoms with Crippen molar-refractivity contribution >= 4 is 29.7 Å². The van der Waals surface area contributed by atoms with Crippen molar-refractivity contribution < 1.29 is 48.0 Å². The Bertz CT molecular complexity index is 1100. The molecule has 0 aromatic heterocycles. The summed E-state index contributed by atoms with van der Waals surface area (Å²) in [7, 11) is 0. The molecule has 1 fully saturated rings. The number of hydrogen-bond acceptors (Lipinski definition) is 10. The van der Waals surface area contributed by atoms with E-state index in [1.165, 1.54) is 27.7 Å². The molecule has 0 radical (unpaired) electrons. The van der Waals surface area contributed by atoms with E-state index in [9.17, 15) is 29.1 Å². The summed E-state index contributed by atoms with van der Waals surface area (Å²) in [5.74, 6) is -3.36. The zero-order valence-electron chi connectivity index (χ0n) is 23.3. The molecule has 1 saturated carbocycles. The summed E-state index contributed by atoms with van der Waals surface area (Å²) in [6.07, 6.45) is -3.00. The van der Waals surface area contributed by atoms with Gasteiger partial charge < -0.3 is 24.1 Å². The van der Waals surface area contributed by atoms with Crippen molar-refractivity contribution in [2.24, 2.45) is 16.7 Å². The lowest BCUT2D eigenvalue weighted by atomic mass is 9.57. The molecule has 10 heteroatoms. The minimum Gasteiger partial charge on any atom is -0.462 e. The average molecular weight is 535 g/mol. The molecule has 0 spiro atoms. The maximum atomic E-state index is 14.2. The highest BCUT2D eigenvalue weighted by Gasteiger charge is 2.57. The Kier molecular flexibility index (Phi) is 8.27. The lowest BCUT2D eigenvalue weighted by molar-refractivity contribution is -0.174. The molecule has 0 heterocycles. The molecule has 38 heavy (non-hydrogen) atoms. The normalized spacial score (nSPS) is 35.8. The van der Waals surface area contributed by atoms with E-state index in [1.54, 1.807) is 19.9 Å². The van der Waals surface area contributed by atoms with E-state index in [2.05, 4.69) is 0 Å². The summed E-state index contributed by atoms with van der Waals surface area (Å²) in [5.41, 5.74) is -0.883. The summed E-state index contributed by atoms with van der Waals surface area (Å²) in [6.45, 7) is 12.0. The van der Waals surface area contributed by atoms with E-state index >= 15 is 0 Å². The van der Waals surface area contributed by atoms with Crippen molar-refractivity contribution in [1.82, 2.24) is 0 Å². The third-order valence-electron chi connectivity index (χ3n) is 8.20. The average Bonchev–Trinajstić information content (AvgIpc) is 2.75. The van der Waals surface area contributed by atoms with E-state index in [4.69, 9.17) is 18.9 Å². The van der Waals surface area contributed by atoms with Crippen LogP contribution >= 0.6 is 0 Å². The predicted octanol–water partition coefficient (Wildman–Crippen LogP) is 2.75. The first-order chi connectivity index (χ1) is 17.5. The second kappa shape index (κ2) is 10.6. The van der Waals surface area contributed by atoms with Crippen molar-refractivity contribution in [3.8, 4) is 0 Å². The summed E-state index contributed by atoms with van der Waals surface area (Å²) in [5, 5.41) is 11.7. The Morgan fingerprint density at radius 2 is 1.37 bits per heavy atom. The van der Waals surface area contributed by atoms with Gasteiger partial charge in [0, 0.05) is 56.4 Å². The number of ether oxygens (including phenoxy) is 4. The molecule has 7 atom stereocenters. The number of aliphatic hydroxyl groups is 1. The van der Waals surface area contributed by atoms with E-state index in [0.717, 1.165) is 0 Å². The maximum Gasteiger partial charge on any atom is 0.303 e.